The number of phenolic OH excluding ortho intramolecular Hbond substituents is 1. The quantitative estimate of drug-likeness (QED) is 0.631. The van der Waals surface area contributed by atoms with E-state index >= 15 is 0 Å². The molecular formula is C10H4Cl2O4. The van der Waals surface area contributed by atoms with Gasteiger partial charge in [-0.05, 0) is 6.07 Å². The molecule has 0 saturated heterocycles. The zero-order chi connectivity index (χ0) is 11.9. The fourth-order valence-electron chi connectivity index (χ4n) is 1.29. The lowest BCUT2D eigenvalue weighted by atomic mass is 10.1. The van der Waals surface area contributed by atoms with E-state index in [0.717, 1.165) is 6.07 Å². The molecule has 0 aliphatic heterocycles. The molecule has 16 heavy (non-hydrogen) atoms. The normalized spacial score (nSPS) is 10.6. The number of rotatable bonds is 1. The predicted molar refractivity (Wildman–Crippen MR) is 59.6 cm³/mol. The van der Waals surface area contributed by atoms with E-state index in [1.807, 2.05) is 0 Å². The Bertz CT molecular complexity index is 645. The molecule has 0 radical (unpaired) electrons. The second-order valence-electron chi connectivity index (χ2n) is 3.04. The van der Waals surface area contributed by atoms with Crippen molar-refractivity contribution in [3.05, 3.63) is 38.2 Å². The molecule has 6 heteroatoms. The van der Waals surface area contributed by atoms with Crippen molar-refractivity contribution in [3.63, 3.8) is 0 Å². The Balaban J connectivity index is 2.97. The van der Waals surface area contributed by atoms with Crippen LogP contribution >= 0.6 is 23.2 Å². The average Bonchev–Trinajstić information content (AvgIpc) is 2.26. The highest BCUT2D eigenvalue weighted by Crippen LogP contribution is 2.31. The molecular weight excluding hydrogens is 255 g/mol. The molecule has 0 spiro atoms. The summed E-state index contributed by atoms with van der Waals surface area (Å²) in [6.07, 6.45) is 0.462. The SMILES string of the molecule is O=Cc1cc2c(Cl)c(Cl)c(=O)oc2cc1O. The fraction of sp³-hybridized carbons (Fsp3) is 0. The first-order valence-electron chi connectivity index (χ1n) is 4.14. The third-order valence-corrected chi connectivity index (χ3v) is 2.90. The maximum Gasteiger partial charge on any atom is 0.356 e. The van der Waals surface area contributed by atoms with E-state index in [4.69, 9.17) is 27.6 Å². The lowest BCUT2D eigenvalue weighted by molar-refractivity contribution is 0.112. The van der Waals surface area contributed by atoms with Crippen LogP contribution in [0.5, 0.6) is 5.75 Å². The van der Waals surface area contributed by atoms with Crippen molar-refractivity contribution in [1.29, 1.82) is 0 Å². The number of phenols is 1. The fourth-order valence-corrected chi connectivity index (χ4v) is 1.65. The number of carbonyl (C=O) groups excluding carboxylic acids is 1. The van der Waals surface area contributed by atoms with Gasteiger partial charge in [-0.25, -0.2) is 4.79 Å². The number of hydrogen-bond acceptors (Lipinski definition) is 4. The van der Waals surface area contributed by atoms with Crippen LogP contribution in [0.2, 0.25) is 10.0 Å². The molecule has 0 aliphatic carbocycles. The van der Waals surface area contributed by atoms with E-state index in [9.17, 15) is 14.7 Å². The predicted octanol–water partition coefficient (Wildman–Crippen LogP) is 2.62. The second-order valence-corrected chi connectivity index (χ2v) is 3.80. The van der Waals surface area contributed by atoms with Crippen LogP contribution in [0.1, 0.15) is 10.4 Å². The summed E-state index contributed by atoms with van der Waals surface area (Å²) in [5, 5.41) is 9.43. The molecule has 0 atom stereocenters. The smallest absolute Gasteiger partial charge is 0.356 e. The topological polar surface area (TPSA) is 67.5 Å². The van der Waals surface area contributed by atoms with Gasteiger partial charge in [0.2, 0.25) is 0 Å². The van der Waals surface area contributed by atoms with Gasteiger partial charge in [-0.15, -0.1) is 0 Å². The molecule has 0 unspecified atom stereocenters. The molecule has 0 amide bonds. The molecule has 82 valence electrons. The zero-order valence-corrected chi connectivity index (χ0v) is 9.17. The average molecular weight is 259 g/mol. The largest absolute Gasteiger partial charge is 0.507 e. The number of halogens is 2. The van der Waals surface area contributed by atoms with E-state index in [0.29, 0.717) is 11.7 Å². The molecule has 1 heterocycles. The van der Waals surface area contributed by atoms with Crippen LogP contribution in [-0.2, 0) is 0 Å². The van der Waals surface area contributed by atoms with Gasteiger partial charge < -0.3 is 9.52 Å². The van der Waals surface area contributed by atoms with Gasteiger partial charge in [0.15, 0.2) is 6.29 Å². The molecule has 1 N–H and O–H groups in total. The molecule has 1 aromatic heterocycles. The minimum absolute atomic E-state index is 0.00369. The van der Waals surface area contributed by atoms with Crippen LogP contribution in [0.4, 0.5) is 0 Å². The number of fused-ring (bicyclic) bond motifs is 1. The van der Waals surface area contributed by atoms with E-state index in [1.54, 1.807) is 0 Å². The Morgan fingerprint density at radius 1 is 1.25 bits per heavy atom. The van der Waals surface area contributed by atoms with Gasteiger partial charge in [-0.3, -0.25) is 4.79 Å². The summed E-state index contributed by atoms with van der Waals surface area (Å²) < 4.78 is 4.81. The Morgan fingerprint density at radius 3 is 2.56 bits per heavy atom. The van der Waals surface area contributed by atoms with Gasteiger partial charge in [0.05, 0.1) is 10.6 Å². The summed E-state index contributed by atoms with van der Waals surface area (Å²) in [5.74, 6) is -0.288. The van der Waals surface area contributed by atoms with Gasteiger partial charge in [0, 0.05) is 11.5 Å². The van der Waals surface area contributed by atoms with Crippen molar-refractivity contribution >= 4 is 40.5 Å². The Kier molecular flexibility index (Phi) is 2.61. The maximum atomic E-state index is 11.2. The molecule has 0 saturated carbocycles. The van der Waals surface area contributed by atoms with Gasteiger partial charge in [-0.1, -0.05) is 23.2 Å². The second kappa shape index (κ2) is 3.81. The van der Waals surface area contributed by atoms with E-state index in [2.05, 4.69) is 0 Å². The third-order valence-electron chi connectivity index (χ3n) is 2.07. The first-order valence-corrected chi connectivity index (χ1v) is 4.90. The molecule has 0 aliphatic rings. The molecule has 2 rings (SSSR count). The van der Waals surface area contributed by atoms with Gasteiger partial charge in [-0.2, -0.15) is 0 Å². The van der Waals surface area contributed by atoms with Crippen LogP contribution in [0.3, 0.4) is 0 Å². The first-order chi connectivity index (χ1) is 7.54. The molecule has 2 aromatic rings. The molecule has 0 bridgehead atoms. The summed E-state index contributed by atoms with van der Waals surface area (Å²) in [5.41, 5.74) is -0.681. The number of carbonyl (C=O) groups is 1. The highest BCUT2D eigenvalue weighted by atomic mass is 35.5. The number of benzene rings is 1. The summed E-state index contributed by atoms with van der Waals surface area (Å²) in [6.45, 7) is 0. The van der Waals surface area contributed by atoms with Crippen LogP contribution in [0, 0.1) is 0 Å². The van der Waals surface area contributed by atoms with Crippen LogP contribution < -0.4 is 5.63 Å². The Labute approximate surface area is 99.0 Å². The zero-order valence-electron chi connectivity index (χ0n) is 7.66. The van der Waals surface area contributed by atoms with Crippen LogP contribution in [0.25, 0.3) is 11.0 Å². The minimum Gasteiger partial charge on any atom is -0.507 e. The first kappa shape index (κ1) is 11.0. The highest BCUT2D eigenvalue weighted by Gasteiger charge is 2.13. The van der Waals surface area contributed by atoms with E-state index < -0.39 is 5.63 Å². The summed E-state index contributed by atoms with van der Waals surface area (Å²) in [6, 6.07) is 2.44. The van der Waals surface area contributed by atoms with Crippen molar-refractivity contribution in [2.45, 2.75) is 0 Å². The third kappa shape index (κ3) is 1.56. The Hall–Kier alpha value is -1.52. The summed E-state index contributed by atoms with van der Waals surface area (Å²) in [7, 11) is 0. The molecule has 4 nitrogen and oxygen atoms in total. The molecule has 0 fully saturated rings. The minimum atomic E-state index is -0.794. The van der Waals surface area contributed by atoms with Gasteiger partial charge >= 0.3 is 5.63 Å². The number of aldehydes is 1. The monoisotopic (exact) mass is 258 g/mol. The summed E-state index contributed by atoms with van der Waals surface area (Å²) in [4.78, 5) is 21.8. The number of hydrogen-bond donors (Lipinski definition) is 1. The van der Waals surface area contributed by atoms with Crippen molar-refractivity contribution < 1.29 is 14.3 Å². The van der Waals surface area contributed by atoms with Crippen molar-refractivity contribution in [1.82, 2.24) is 0 Å². The number of aromatic hydroxyl groups is 1. The molecule has 1 aromatic carbocycles. The van der Waals surface area contributed by atoms with Crippen molar-refractivity contribution in [2.75, 3.05) is 0 Å². The van der Waals surface area contributed by atoms with Gasteiger partial charge in [0.25, 0.3) is 0 Å². The lowest BCUT2D eigenvalue weighted by Gasteiger charge is -2.03. The van der Waals surface area contributed by atoms with Gasteiger partial charge in [0.1, 0.15) is 16.4 Å². The Morgan fingerprint density at radius 2 is 1.94 bits per heavy atom. The van der Waals surface area contributed by atoms with E-state index in [1.165, 1.54) is 6.07 Å². The van der Waals surface area contributed by atoms with Crippen LogP contribution in [0.15, 0.2) is 21.3 Å². The van der Waals surface area contributed by atoms with Crippen molar-refractivity contribution in [2.24, 2.45) is 0 Å². The summed E-state index contributed by atoms with van der Waals surface area (Å²) >= 11 is 11.4. The highest BCUT2D eigenvalue weighted by molar-refractivity contribution is 6.44. The lowest BCUT2D eigenvalue weighted by Crippen LogP contribution is -2.00. The van der Waals surface area contributed by atoms with Crippen LogP contribution in [-0.4, -0.2) is 11.4 Å². The standard InChI is InChI=1S/C10H4Cl2O4/c11-8-5-1-4(3-13)6(14)2-7(5)16-10(15)9(8)12/h1-3,14H. The maximum absolute atomic E-state index is 11.2. The van der Waals surface area contributed by atoms with Crippen molar-refractivity contribution in [3.8, 4) is 5.75 Å². The van der Waals surface area contributed by atoms with E-state index in [-0.39, 0.29) is 26.9 Å².